The number of hydrogen-bond donors (Lipinski definition) is 2. The van der Waals surface area contributed by atoms with Gasteiger partial charge in [-0.15, -0.1) is 0 Å². The second-order valence-corrected chi connectivity index (χ2v) is 7.43. The number of rotatable bonds is 3. The number of nitrogens with one attached hydrogen (secondary N) is 2. The molecule has 0 spiro atoms. The van der Waals surface area contributed by atoms with Gasteiger partial charge in [-0.05, 0) is 32.2 Å². The molecule has 1 amide bonds. The topological polar surface area (TPSA) is 78.5 Å². The predicted octanol–water partition coefficient (Wildman–Crippen LogP) is -0.331. The largest absolute Gasteiger partial charge is 0.352 e. The summed E-state index contributed by atoms with van der Waals surface area (Å²) in [7, 11) is -3.09. The molecule has 2 heterocycles. The second-order valence-electron chi connectivity index (χ2n) is 5.45. The Morgan fingerprint density at radius 1 is 1.21 bits per heavy atom. The summed E-state index contributed by atoms with van der Waals surface area (Å²) >= 11 is 0. The van der Waals surface area contributed by atoms with Crippen LogP contribution in [0.15, 0.2) is 0 Å². The van der Waals surface area contributed by atoms with E-state index in [9.17, 15) is 13.2 Å². The first-order valence-corrected chi connectivity index (χ1v) is 8.80. The van der Waals surface area contributed by atoms with Gasteiger partial charge in [0.2, 0.25) is 15.9 Å². The van der Waals surface area contributed by atoms with Crippen molar-refractivity contribution in [3.05, 3.63) is 0 Å². The molecular formula is C12H23N3O3S. The second kappa shape index (κ2) is 6.19. The first kappa shape index (κ1) is 14.7. The molecule has 2 N–H and O–H groups in total. The summed E-state index contributed by atoms with van der Waals surface area (Å²) in [5.41, 5.74) is 0. The van der Waals surface area contributed by atoms with Gasteiger partial charge in [0.15, 0.2) is 0 Å². The molecule has 110 valence electrons. The SMILES string of the molecule is CS(=O)(=O)N1CCC(NC(=O)C2CCCCN2)CC1. The molecular weight excluding hydrogens is 266 g/mol. The fourth-order valence-corrected chi connectivity index (χ4v) is 3.58. The lowest BCUT2D eigenvalue weighted by atomic mass is 10.0. The Balaban J connectivity index is 1.77. The van der Waals surface area contributed by atoms with Gasteiger partial charge in [0.25, 0.3) is 0 Å². The number of carbonyl (C=O) groups excluding carboxylic acids is 1. The van der Waals surface area contributed by atoms with Crippen LogP contribution in [0.3, 0.4) is 0 Å². The highest BCUT2D eigenvalue weighted by molar-refractivity contribution is 7.88. The maximum Gasteiger partial charge on any atom is 0.237 e. The molecule has 2 aliphatic rings. The van der Waals surface area contributed by atoms with Crippen molar-refractivity contribution < 1.29 is 13.2 Å². The Morgan fingerprint density at radius 2 is 1.89 bits per heavy atom. The molecule has 7 heteroatoms. The van der Waals surface area contributed by atoms with Crippen LogP contribution in [-0.2, 0) is 14.8 Å². The Kier molecular flexibility index (Phi) is 4.81. The normalized spacial score (nSPS) is 27.1. The van der Waals surface area contributed by atoms with Crippen LogP contribution in [0.1, 0.15) is 32.1 Å². The monoisotopic (exact) mass is 289 g/mol. The summed E-state index contributed by atoms with van der Waals surface area (Å²) in [5.74, 6) is 0.0671. The van der Waals surface area contributed by atoms with Crippen LogP contribution in [0.4, 0.5) is 0 Å². The van der Waals surface area contributed by atoms with Gasteiger partial charge in [-0.25, -0.2) is 12.7 Å². The van der Waals surface area contributed by atoms with Crippen molar-refractivity contribution >= 4 is 15.9 Å². The van der Waals surface area contributed by atoms with Crippen molar-refractivity contribution in [3.63, 3.8) is 0 Å². The molecule has 1 unspecified atom stereocenters. The Hall–Kier alpha value is -0.660. The highest BCUT2D eigenvalue weighted by Gasteiger charge is 2.28. The molecule has 0 aromatic carbocycles. The van der Waals surface area contributed by atoms with Crippen molar-refractivity contribution in [1.82, 2.24) is 14.9 Å². The third-order valence-corrected chi connectivity index (χ3v) is 5.20. The number of piperidine rings is 2. The molecule has 0 aromatic rings. The van der Waals surface area contributed by atoms with E-state index in [-0.39, 0.29) is 18.0 Å². The van der Waals surface area contributed by atoms with Crippen LogP contribution >= 0.6 is 0 Å². The van der Waals surface area contributed by atoms with Gasteiger partial charge >= 0.3 is 0 Å². The van der Waals surface area contributed by atoms with Gasteiger partial charge in [0.05, 0.1) is 12.3 Å². The smallest absolute Gasteiger partial charge is 0.237 e. The summed E-state index contributed by atoms with van der Waals surface area (Å²) in [6.07, 6.45) is 5.76. The minimum Gasteiger partial charge on any atom is -0.352 e. The zero-order valence-electron chi connectivity index (χ0n) is 11.4. The third-order valence-electron chi connectivity index (χ3n) is 3.90. The zero-order valence-corrected chi connectivity index (χ0v) is 12.2. The average molecular weight is 289 g/mol. The molecule has 1 atom stereocenters. The summed E-state index contributed by atoms with van der Waals surface area (Å²) < 4.78 is 24.3. The predicted molar refractivity (Wildman–Crippen MR) is 73.2 cm³/mol. The lowest BCUT2D eigenvalue weighted by Gasteiger charge is -2.32. The van der Waals surface area contributed by atoms with Gasteiger partial charge in [-0.1, -0.05) is 6.42 Å². The summed E-state index contributed by atoms with van der Waals surface area (Å²) in [6, 6.07) is 0.0379. The van der Waals surface area contributed by atoms with E-state index in [0.29, 0.717) is 25.9 Å². The zero-order chi connectivity index (χ0) is 13.9. The van der Waals surface area contributed by atoms with Gasteiger partial charge < -0.3 is 10.6 Å². The fraction of sp³-hybridized carbons (Fsp3) is 0.917. The number of amides is 1. The van der Waals surface area contributed by atoms with E-state index >= 15 is 0 Å². The number of nitrogens with zero attached hydrogens (tertiary/aromatic N) is 1. The molecule has 19 heavy (non-hydrogen) atoms. The molecule has 2 fully saturated rings. The minimum atomic E-state index is -3.09. The van der Waals surface area contributed by atoms with Crippen molar-refractivity contribution in [2.24, 2.45) is 0 Å². The summed E-state index contributed by atoms with van der Waals surface area (Å²) in [5, 5.41) is 6.26. The van der Waals surface area contributed by atoms with Gasteiger partial charge in [0, 0.05) is 19.1 Å². The first-order chi connectivity index (χ1) is 8.97. The van der Waals surface area contributed by atoms with Crippen molar-refractivity contribution in [3.8, 4) is 0 Å². The van der Waals surface area contributed by atoms with Crippen LogP contribution in [0.5, 0.6) is 0 Å². The Labute approximate surface area is 115 Å². The molecule has 0 aliphatic carbocycles. The maximum atomic E-state index is 12.0. The third kappa shape index (κ3) is 4.15. The Bertz CT molecular complexity index is 410. The molecule has 0 radical (unpaired) electrons. The summed E-state index contributed by atoms with van der Waals surface area (Å²) in [6.45, 7) is 1.91. The fourth-order valence-electron chi connectivity index (χ4n) is 2.71. The van der Waals surface area contributed by atoms with E-state index in [1.807, 2.05) is 0 Å². The van der Waals surface area contributed by atoms with E-state index in [1.165, 1.54) is 10.6 Å². The standard InChI is InChI=1S/C12H23N3O3S/c1-19(17,18)15-8-5-10(6-9-15)14-12(16)11-4-2-3-7-13-11/h10-11,13H,2-9H2,1H3,(H,14,16). The molecule has 2 saturated heterocycles. The van der Waals surface area contributed by atoms with E-state index in [1.54, 1.807) is 0 Å². The van der Waals surface area contributed by atoms with Gasteiger partial charge in [-0.2, -0.15) is 0 Å². The molecule has 0 bridgehead atoms. The average Bonchev–Trinajstić information content (AvgIpc) is 2.39. The van der Waals surface area contributed by atoms with Crippen molar-refractivity contribution in [1.29, 1.82) is 0 Å². The minimum absolute atomic E-state index is 0.0671. The lowest BCUT2D eigenvalue weighted by molar-refractivity contribution is -0.124. The van der Waals surface area contributed by atoms with Crippen LogP contribution in [-0.4, -0.2) is 56.6 Å². The van der Waals surface area contributed by atoms with Crippen molar-refractivity contribution in [2.75, 3.05) is 25.9 Å². The first-order valence-electron chi connectivity index (χ1n) is 6.96. The molecule has 6 nitrogen and oxygen atoms in total. The van der Waals surface area contributed by atoms with Crippen LogP contribution in [0, 0.1) is 0 Å². The molecule has 2 aliphatic heterocycles. The summed E-state index contributed by atoms with van der Waals surface area (Å²) in [4.78, 5) is 12.0. The Morgan fingerprint density at radius 3 is 2.42 bits per heavy atom. The van der Waals surface area contributed by atoms with Gasteiger partial charge in [-0.3, -0.25) is 4.79 Å². The van der Waals surface area contributed by atoms with Crippen molar-refractivity contribution in [2.45, 2.75) is 44.2 Å². The van der Waals surface area contributed by atoms with E-state index in [2.05, 4.69) is 10.6 Å². The van der Waals surface area contributed by atoms with Crippen LogP contribution in [0.2, 0.25) is 0 Å². The van der Waals surface area contributed by atoms with E-state index in [0.717, 1.165) is 25.8 Å². The highest BCUT2D eigenvalue weighted by Crippen LogP contribution is 2.14. The number of hydrogen-bond acceptors (Lipinski definition) is 4. The quantitative estimate of drug-likeness (QED) is 0.745. The molecule has 0 aromatic heterocycles. The van der Waals surface area contributed by atoms with Crippen LogP contribution < -0.4 is 10.6 Å². The number of carbonyl (C=O) groups is 1. The van der Waals surface area contributed by atoms with E-state index in [4.69, 9.17) is 0 Å². The number of sulfonamides is 1. The van der Waals surface area contributed by atoms with Crippen LogP contribution in [0.25, 0.3) is 0 Å². The molecule has 0 saturated carbocycles. The maximum absolute atomic E-state index is 12.0. The van der Waals surface area contributed by atoms with Gasteiger partial charge in [0.1, 0.15) is 0 Å². The highest BCUT2D eigenvalue weighted by atomic mass is 32.2. The van der Waals surface area contributed by atoms with E-state index < -0.39 is 10.0 Å². The molecule has 2 rings (SSSR count). The lowest BCUT2D eigenvalue weighted by Crippen LogP contribution is -2.52.